The van der Waals surface area contributed by atoms with Crippen molar-refractivity contribution in [2.24, 2.45) is 0 Å². The molecule has 128 valence electrons. The molecule has 0 aromatic rings. The minimum atomic E-state index is -0.726. The van der Waals surface area contributed by atoms with Gasteiger partial charge in [0.15, 0.2) is 0 Å². The van der Waals surface area contributed by atoms with E-state index in [1.54, 1.807) is 13.0 Å². The molecule has 1 rings (SSSR count). The molecule has 1 aliphatic rings. The Morgan fingerprint density at radius 2 is 1.73 bits per heavy atom. The maximum absolute atomic E-state index is 9.73. The Bertz CT molecular complexity index is 331. The molecular formula is C20H36O2. The monoisotopic (exact) mass is 308 g/mol. The molecule has 1 aliphatic heterocycles. The van der Waals surface area contributed by atoms with Crippen molar-refractivity contribution in [2.75, 3.05) is 13.2 Å². The maximum atomic E-state index is 9.73. The number of allylic oxidation sites excluding steroid dienone is 4. The second-order valence-electron chi connectivity index (χ2n) is 6.64. The number of hydrogen-bond acceptors (Lipinski definition) is 2. The lowest BCUT2D eigenvalue weighted by molar-refractivity contribution is 0.0968. The van der Waals surface area contributed by atoms with Crippen molar-refractivity contribution >= 4 is 0 Å². The highest BCUT2D eigenvalue weighted by atomic mass is 16.5. The van der Waals surface area contributed by atoms with Gasteiger partial charge in [-0.15, -0.1) is 6.58 Å². The zero-order valence-corrected chi connectivity index (χ0v) is 15.2. The normalized spacial score (nSPS) is 17.8. The quantitative estimate of drug-likeness (QED) is 0.622. The molecule has 1 fully saturated rings. The molecule has 1 N–H and O–H groups in total. The molecule has 1 saturated heterocycles. The molecule has 0 aliphatic carbocycles. The molecule has 0 spiro atoms. The van der Waals surface area contributed by atoms with Gasteiger partial charge in [0.25, 0.3) is 0 Å². The van der Waals surface area contributed by atoms with Crippen molar-refractivity contribution in [3.8, 4) is 0 Å². The smallest absolute Gasteiger partial charge is 0.0800 e. The van der Waals surface area contributed by atoms with Crippen LogP contribution < -0.4 is 0 Å². The summed E-state index contributed by atoms with van der Waals surface area (Å²) in [6.07, 6.45) is 13.9. The van der Waals surface area contributed by atoms with Gasteiger partial charge in [0.2, 0.25) is 0 Å². The van der Waals surface area contributed by atoms with Crippen LogP contribution in [0.5, 0.6) is 0 Å². The third-order valence-electron chi connectivity index (χ3n) is 3.75. The van der Waals surface area contributed by atoms with E-state index in [0.717, 1.165) is 38.9 Å². The molecule has 22 heavy (non-hydrogen) atoms. The van der Waals surface area contributed by atoms with E-state index in [2.05, 4.69) is 39.5 Å². The zero-order chi connectivity index (χ0) is 16.8. The summed E-state index contributed by atoms with van der Waals surface area (Å²) < 4.78 is 5.07. The number of rotatable bonds is 7. The summed E-state index contributed by atoms with van der Waals surface area (Å²) in [7, 11) is 0. The Labute approximate surface area is 138 Å². The average Bonchev–Trinajstić information content (AvgIpc) is 2.49. The molecule has 0 amide bonds. The van der Waals surface area contributed by atoms with Crippen molar-refractivity contribution in [3.05, 3.63) is 36.0 Å². The second-order valence-corrected chi connectivity index (χ2v) is 6.64. The molecule has 1 heterocycles. The van der Waals surface area contributed by atoms with E-state index in [1.165, 1.54) is 30.4 Å². The predicted octanol–water partition coefficient (Wildman–Crippen LogP) is 5.58. The van der Waals surface area contributed by atoms with Crippen molar-refractivity contribution in [2.45, 2.75) is 78.2 Å². The first kappa shape index (κ1) is 21.1. The Morgan fingerprint density at radius 3 is 2.14 bits per heavy atom. The molecule has 2 heteroatoms. The summed E-state index contributed by atoms with van der Waals surface area (Å²) in [6, 6.07) is 0. The molecule has 1 unspecified atom stereocenters. The van der Waals surface area contributed by atoms with E-state index in [9.17, 15) is 5.11 Å². The van der Waals surface area contributed by atoms with Gasteiger partial charge in [-0.2, -0.15) is 0 Å². The zero-order valence-electron chi connectivity index (χ0n) is 15.2. The van der Waals surface area contributed by atoms with E-state index in [0.29, 0.717) is 0 Å². The molecular weight excluding hydrogens is 272 g/mol. The van der Waals surface area contributed by atoms with Crippen molar-refractivity contribution in [1.29, 1.82) is 0 Å². The van der Waals surface area contributed by atoms with Crippen LogP contribution in [0.3, 0.4) is 0 Å². The van der Waals surface area contributed by atoms with E-state index >= 15 is 0 Å². The highest BCUT2D eigenvalue weighted by molar-refractivity contribution is 5.03. The molecule has 0 saturated carbocycles. The highest BCUT2D eigenvalue weighted by Crippen LogP contribution is 2.15. The van der Waals surface area contributed by atoms with Crippen molar-refractivity contribution in [3.63, 3.8) is 0 Å². The van der Waals surface area contributed by atoms with Gasteiger partial charge >= 0.3 is 0 Å². The SMILES string of the molecule is C1CCOCC1.C=CC(C)(O)CCC=C(C)CCC=C(C)C. The van der Waals surface area contributed by atoms with Crippen LogP contribution in [0.1, 0.15) is 72.6 Å². The van der Waals surface area contributed by atoms with Crippen LogP contribution in [0.4, 0.5) is 0 Å². The molecule has 1 atom stereocenters. The van der Waals surface area contributed by atoms with Crippen LogP contribution in [-0.4, -0.2) is 23.9 Å². The maximum Gasteiger partial charge on any atom is 0.0800 e. The topological polar surface area (TPSA) is 29.5 Å². The van der Waals surface area contributed by atoms with Gasteiger partial charge in [-0.3, -0.25) is 0 Å². The van der Waals surface area contributed by atoms with Gasteiger partial charge in [-0.25, -0.2) is 0 Å². The first-order valence-electron chi connectivity index (χ1n) is 8.60. The molecule has 0 aromatic carbocycles. The summed E-state index contributed by atoms with van der Waals surface area (Å²) in [5, 5.41) is 9.73. The van der Waals surface area contributed by atoms with Gasteiger partial charge in [0.1, 0.15) is 0 Å². The largest absolute Gasteiger partial charge is 0.386 e. The Morgan fingerprint density at radius 1 is 1.09 bits per heavy atom. The number of ether oxygens (including phenoxy) is 1. The fourth-order valence-electron chi connectivity index (χ4n) is 2.09. The van der Waals surface area contributed by atoms with Crippen molar-refractivity contribution < 1.29 is 9.84 Å². The summed E-state index contributed by atoms with van der Waals surface area (Å²) in [5.41, 5.74) is 2.05. The summed E-state index contributed by atoms with van der Waals surface area (Å²) in [6.45, 7) is 13.8. The van der Waals surface area contributed by atoms with E-state index in [-0.39, 0.29) is 0 Å². The van der Waals surface area contributed by atoms with Crippen LogP contribution >= 0.6 is 0 Å². The standard InChI is InChI=1S/C15H26O.C5H10O/c1-6-15(5,16)12-8-11-14(4)10-7-9-13(2)3;1-2-4-6-5-3-1/h6,9,11,16H,1,7-8,10,12H2,2-5H3;1-5H2. The summed E-state index contributed by atoms with van der Waals surface area (Å²) >= 11 is 0. The predicted molar refractivity (Wildman–Crippen MR) is 97.1 cm³/mol. The first-order valence-corrected chi connectivity index (χ1v) is 8.60. The Balaban J connectivity index is 0.000000604. The second kappa shape index (κ2) is 12.7. The van der Waals surface area contributed by atoms with Gasteiger partial charge in [0, 0.05) is 13.2 Å². The van der Waals surface area contributed by atoms with Gasteiger partial charge < -0.3 is 9.84 Å². The Hall–Kier alpha value is -0.860. The van der Waals surface area contributed by atoms with Crippen LogP contribution in [-0.2, 0) is 4.74 Å². The lowest BCUT2D eigenvalue weighted by atomic mass is 9.99. The fraction of sp³-hybridized carbons (Fsp3) is 0.700. The summed E-state index contributed by atoms with van der Waals surface area (Å²) in [5.74, 6) is 0. The van der Waals surface area contributed by atoms with Gasteiger partial charge in [-0.05, 0) is 72.6 Å². The minimum Gasteiger partial charge on any atom is -0.386 e. The summed E-state index contributed by atoms with van der Waals surface area (Å²) in [4.78, 5) is 0. The lowest BCUT2D eigenvalue weighted by Gasteiger charge is -2.16. The lowest BCUT2D eigenvalue weighted by Crippen LogP contribution is -2.19. The van der Waals surface area contributed by atoms with E-state index < -0.39 is 5.60 Å². The van der Waals surface area contributed by atoms with Gasteiger partial charge in [-0.1, -0.05) is 29.4 Å². The highest BCUT2D eigenvalue weighted by Gasteiger charge is 2.13. The molecule has 2 nitrogen and oxygen atoms in total. The van der Waals surface area contributed by atoms with E-state index in [1.807, 2.05) is 0 Å². The van der Waals surface area contributed by atoms with E-state index in [4.69, 9.17) is 4.74 Å². The van der Waals surface area contributed by atoms with Crippen LogP contribution in [0.25, 0.3) is 0 Å². The Kier molecular flexibility index (Phi) is 12.2. The molecule has 0 aromatic heterocycles. The minimum absolute atomic E-state index is 0.726. The third-order valence-corrected chi connectivity index (χ3v) is 3.75. The molecule has 0 bridgehead atoms. The van der Waals surface area contributed by atoms with Crippen LogP contribution in [0.2, 0.25) is 0 Å². The third kappa shape index (κ3) is 14.1. The van der Waals surface area contributed by atoms with Gasteiger partial charge in [0.05, 0.1) is 5.60 Å². The van der Waals surface area contributed by atoms with Crippen molar-refractivity contribution in [1.82, 2.24) is 0 Å². The van der Waals surface area contributed by atoms with Crippen LogP contribution in [0.15, 0.2) is 36.0 Å². The number of hydrogen-bond donors (Lipinski definition) is 1. The first-order chi connectivity index (χ1) is 10.4. The average molecular weight is 309 g/mol. The number of aliphatic hydroxyl groups is 1. The fourth-order valence-corrected chi connectivity index (χ4v) is 2.09. The molecule has 0 radical (unpaired) electrons. The van der Waals surface area contributed by atoms with Crippen LogP contribution in [0, 0.1) is 0 Å².